The van der Waals surface area contributed by atoms with Gasteiger partial charge in [0, 0.05) is 56.9 Å². The van der Waals surface area contributed by atoms with Crippen molar-refractivity contribution in [3.63, 3.8) is 0 Å². The molecule has 3 aliphatic heterocycles. The molecule has 5 rings (SSSR count). The zero-order valence-electron chi connectivity index (χ0n) is 23.5. The summed E-state index contributed by atoms with van der Waals surface area (Å²) in [5.74, 6) is 0.750. The molecule has 3 saturated heterocycles. The average molecular weight is 560 g/mol. The molecule has 0 saturated carbocycles. The van der Waals surface area contributed by atoms with Crippen LogP contribution in [-0.4, -0.2) is 85.7 Å². The van der Waals surface area contributed by atoms with Crippen molar-refractivity contribution in [1.29, 1.82) is 0 Å². The van der Waals surface area contributed by atoms with Crippen molar-refractivity contribution in [2.45, 2.75) is 57.8 Å². The molecule has 0 N–H and O–H groups in total. The highest BCUT2D eigenvalue weighted by atomic mass is 19.4. The molecular formula is C31H40F3N3O3. The number of hydrogen-bond donors (Lipinski definition) is 0. The number of piperazine rings is 1. The van der Waals surface area contributed by atoms with E-state index in [-0.39, 0.29) is 18.0 Å². The zero-order chi connectivity index (χ0) is 28.3. The summed E-state index contributed by atoms with van der Waals surface area (Å²) in [7, 11) is 0. The summed E-state index contributed by atoms with van der Waals surface area (Å²) in [5, 5.41) is 0. The van der Waals surface area contributed by atoms with E-state index < -0.39 is 11.7 Å². The molecule has 2 aromatic carbocycles. The molecule has 40 heavy (non-hydrogen) atoms. The van der Waals surface area contributed by atoms with Crippen LogP contribution in [-0.2, 0) is 10.9 Å². The van der Waals surface area contributed by atoms with Crippen LogP contribution in [0, 0.1) is 13.8 Å². The van der Waals surface area contributed by atoms with Crippen molar-refractivity contribution >= 4 is 5.91 Å². The minimum absolute atomic E-state index is 0.197. The van der Waals surface area contributed by atoms with Crippen LogP contribution in [0.4, 0.5) is 13.2 Å². The Morgan fingerprint density at radius 2 is 1.73 bits per heavy atom. The number of fused-ring (bicyclic) bond motifs is 1. The van der Waals surface area contributed by atoms with Crippen molar-refractivity contribution in [1.82, 2.24) is 14.7 Å². The number of nitrogens with zero attached hydrogens (tertiary/aromatic N) is 3. The monoisotopic (exact) mass is 559 g/mol. The number of rotatable bonds is 7. The maximum atomic E-state index is 13.1. The molecule has 0 unspecified atom stereocenters. The van der Waals surface area contributed by atoms with Crippen LogP contribution in [0.2, 0.25) is 0 Å². The quantitative estimate of drug-likeness (QED) is 0.421. The molecule has 0 bridgehead atoms. The van der Waals surface area contributed by atoms with E-state index in [0.29, 0.717) is 25.3 Å². The number of ether oxygens (including phenoxy) is 2. The second kappa shape index (κ2) is 12.5. The first-order chi connectivity index (χ1) is 19.2. The topological polar surface area (TPSA) is 45.3 Å². The van der Waals surface area contributed by atoms with Gasteiger partial charge in [-0.05, 0) is 86.6 Å². The van der Waals surface area contributed by atoms with Crippen molar-refractivity contribution in [3.8, 4) is 5.75 Å². The number of carbonyl (C=O) groups excluding carboxylic acids is 1. The first kappa shape index (κ1) is 28.9. The Labute approximate surface area is 235 Å². The lowest BCUT2D eigenvalue weighted by Gasteiger charge is -2.49. The van der Waals surface area contributed by atoms with E-state index in [0.717, 1.165) is 83.0 Å². The predicted molar refractivity (Wildman–Crippen MR) is 148 cm³/mol. The number of alkyl halides is 3. The fraction of sp³-hybridized carbons (Fsp3) is 0.581. The van der Waals surface area contributed by atoms with E-state index in [1.807, 2.05) is 0 Å². The normalized spacial score (nSPS) is 22.7. The van der Waals surface area contributed by atoms with E-state index in [2.05, 4.69) is 35.8 Å². The standard InChI is InChI=1S/C31H40F3N3O3/c1-22-23(2)29(40-18-4-13-35-16-19-39-20-17-35)12-11-27(22)28-6-3-5-26-21-36(14-15-37(26)28)30(38)24-7-9-25(10-8-24)31(32,33)34/h7-12,26,28H,3-6,13-21H2,1-2H3/t26-,28+/m0/s1. The minimum atomic E-state index is -4.41. The van der Waals surface area contributed by atoms with E-state index in [1.54, 1.807) is 4.90 Å². The van der Waals surface area contributed by atoms with E-state index in [9.17, 15) is 18.0 Å². The van der Waals surface area contributed by atoms with E-state index in [4.69, 9.17) is 9.47 Å². The Morgan fingerprint density at radius 1 is 0.975 bits per heavy atom. The van der Waals surface area contributed by atoms with Crippen LogP contribution in [0.15, 0.2) is 36.4 Å². The summed E-state index contributed by atoms with van der Waals surface area (Å²) in [4.78, 5) is 19.9. The van der Waals surface area contributed by atoms with Crippen LogP contribution in [0.5, 0.6) is 5.75 Å². The maximum absolute atomic E-state index is 13.1. The number of hydrogen-bond acceptors (Lipinski definition) is 5. The van der Waals surface area contributed by atoms with Gasteiger partial charge in [0.15, 0.2) is 0 Å². The Kier molecular flexibility index (Phi) is 9.02. The summed E-state index contributed by atoms with van der Waals surface area (Å²) in [6.07, 6.45) is -0.264. The first-order valence-corrected chi connectivity index (χ1v) is 14.5. The third kappa shape index (κ3) is 6.47. The van der Waals surface area contributed by atoms with Crippen LogP contribution >= 0.6 is 0 Å². The number of amides is 1. The smallest absolute Gasteiger partial charge is 0.416 e. The molecule has 2 aromatic rings. The Bertz CT molecular complexity index is 1160. The molecule has 3 heterocycles. The highest BCUT2D eigenvalue weighted by Gasteiger charge is 2.38. The number of benzene rings is 2. The van der Waals surface area contributed by atoms with Crippen molar-refractivity contribution in [2.24, 2.45) is 0 Å². The van der Waals surface area contributed by atoms with Gasteiger partial charge in [0.2, 0.25) is 0 Å². The molecule has 6 nitrogen and oxygen atoms in total. The highest BCUT2D eigenvalue weighted by molar-refractivity contribution is 5.94. The van der Waals surface area contributed by atoms with E-state index in [1.165, 1.54) is 28.8 Å². The van der Waals surface area contributed by atoms with Gasteiger partial charge >= 0.3 is 6.18 Å². The van der Waals surface area contributed by atoms with Gasteiger partial charge in [-0.25, -0.2) is 0 Å². The Hall–Kier alpha value is -2.62. The molecule has 9 heteroatoms. The lowest BCUT2D eigenvalue weighted by atomic mass is 9.86. The Morgan fingerprint density at radius 3 is 2.45 bits per heavy atom. The Balaban J connectivity index is 1.19. The van der Waals surface area contributed by atoms with Crippen LogP contribution in [0.3, 0.4) is 0 Å². The summed E-state index contributed by atoms with van der Waals surface area (Å²) < 4.78 is 50.4. The third-order valence-corrected chi connectivity index (χ3v) is 8.81. The number of piperidine rings is 1. The molecule has 1 amide bonds. The fourth-order valence-electron chi connectivity index (χ4n) is 6.38. The fourth-order valence-corrected chi connectivity index (χ4v) is 6.38. The maximum Gasteiger partial charge on any atom is 0.416 e. The first-order valence-electron chi connectivity index (χ1n) is 14.5. The van der Waals surface area contributed by atoms with Gasteiger partial charge in [0.25, 0.3) is 5.91 Å². The predicted octanol–water partition coefficient (Wildman–Crippen LogP) is 5.47. The molecule has 0 spiro atoms. The largest absolute Gasteiger partial charge is 0.493 e. The minimum Gasteiger partial charge on any atom is -0.493 e. The lowest BCUT2D eigenvalue weighted by Crippen LogP contribution is -2.57. The molecular weight excluding hydrogens is 519 g/mol. The van der Waals surface area contributed by atoms with Gasteiger partial charge in [0.05, 0.1) is 25.4 Å². The second-order valence-electron chi connectivity index (χ2n) is 11.2. The molecule has 0 radical (unpaired) electrons. The van der Waals surface area contributed by atoms with Gasteiger partial charge in [-0.2, -0.15) is 13.2 Å². The SMILES string of the molecule is Cc1c(OCCCN2CCOCC2)ccc([C@H]2CCC[C@H]3CN(C(=O)c4ccc(C(F)(F)F)cc4)CCN32)c1C. The van der Waals surface area contributed by atoms with Gasteiger partial charge < -0.3 is 14.4 Å². The van der Waals surface area contributed by atoms with Crippen LogP contribution < -0.4 is 4.74 Å². The van der Waals surface area contributed by atoms with Crippen molar-refractivity contribution < 1.29 is 27.4 Å². The van der Waals surface area contributed by atoms with Crippen LogP contribution in [0.1, 0.15) is 64.3 Å². The second-order valence-corrected chi connectivity index (χ2v) is 11.2. The number of morpholine rings is 1. The summed E-state index contributed by atoms with van der Waals surface area (Å²) in [6.45, 7) is 11.6. The molecule has 3 fully saturated rings. The summed E-state index contributed by atoms with van der Waals surface area (Å²) in [5.41, 5.74) is 3.34. The average Bonchev–Trinajstić information content (AvgIpc) is 2.96. The van der Waals surface area contributed by atoms with Gasteiger partial charge in [0.1, 0.15) is 5.75 Å². The third-order valence-electron chi connectivity index (χ3n) is 8.81. The van der Waals surface area contributed by atoms with Crippen LogP contribution in [0.25, 0.3) is 0 Å². The van der Waals surface area contributed by atoms with Gasteiger partial charge in [-0.15, -0.1) is 0 Å². The lowest BCUT2D eigenvalue weighted by molar-refractivity contribution is -0.137. The molecule has 3 aliphatic rings. The van der Waals surface area contributed by atoms with Gasteiger partial charge in [-0.1, -0.05) is 6.07 Å². The van der Waals surface area contributed by atoms with Crippen molar-refractivity contribution in [3.05, 3.63) is 64.2 Å². The zero-order valence-corrected chi connectivity index (χ0v) is 23.5. The molecule has 0 aliphatic carbocycles. The summed E-state index contributed by atoms with van der Waals surface area (Å²) in [6, 6.07) is 9.41. The molecule has 2 atom stereocenters. The highest BCUT2D eigenvalue weighted by Crippen LogP contribution is 2.40. The van der Waals surface area contributed by atoms with E-state index >= 15 is 0 Å². The molecule has 218 valence electrons. The van der Waals surface area contributed by atoms with Gasteiger partial charge in [-0.3, -0.25) is 14.6 Å². The number of halogens is 3. The summed E-state index contributed by atoms with van der Waals surface area (Å²) >= 11 is 0. The van der Waals surface area contributed by atoms with Crippen molar-refractivity contribution in [2.75, 3.05) is 59.1 Å². The number of carbonyl (C=O) groups is 1. The molecule has 0 aromatic heterocycles.